The molecular formula is C26H29F3N4O5. The van der Waals surface area contributed by atoms with Crippen molar-refractivity contribution >= 4 is 11.8 Å². The van der Waals surface area contributed by atoms with E-state index in [0.717, 1.165) is 6.42 Å². The van der Waals surface area contributed by atoms with Crippen LogP contribution in [-0.4, -0.2) is 55.7 Å². The molecule has 204 valence electrons. The number of nitrogens with zero attached hydrogens (tertiary/aromatic N) is 3. The number of hydrogen-bond donors (Lipinski definition) is 2. The van der Waals surface area contributed by atoms with Crippen molar-refractivity contribution < 1.29 is 32.7 Å². The van der Waals surface area contributed by atoms with Gasteiger partial charge in [-0.1, -0.05) is 13.3 Å². The number of hydroxylamine groups is 2. The zero-order valence-corrected chi connectivity index (χ0v) is 21.0. The van der Waals surface area contributed by atoms with Gasteiger partial charge in [-0.3, -0.25) is 19.2 Å². The van der Waals surface area contributed by atoms with Crippen LogP contribution in [0.25, 0.3) is 0 Å². The summed E-state index contributed by atoms with van der Waals surface area (Å²) < 4.78 is 44.0. The summed E-state index contributed by atoms with van der Waals surface area (Å²) in [6.45, 7) is 3.72. The van der Waals surface area contributed by atoms with Crippen LogP contribution >= 0.6 is 0 Å². The summed E-state index contributed by atoms with van der Waals surface area (Å²) in [7, 11) is 0. The number of carbonyl (C=O) groups excluding carboxylic acids is 2. The van der Waals surface area contributed by atoms with Crippen molar-refractivity contribution in [3.63, 3.8) is 0 Å². The second-order valence-corrected chi connectivity index (χ2v) is 10.4. The smallest absolute Gasteiger partial charge is 0.274 e. The van der Waals surface area contributed by atoms with Crippen LogP contribution in [0.5, 0.6) is 5.75 Å². The lowest BCUT2D eigenvalue weighted by molar-refractivity contribution is -0.228. The van der Waals surface area contributed by atoms with Gasteiger partial charge in [-0.2, -0.15) is 5.06 Å². The van der Waals surface area contributed by atoms with E-state index in [1.54, 1.807) is 4.90 Å². The third-order valence-electron chi connectivity index (χ3n) is 8.10. The highest BCUT2D eigenvalue weighted by Crippen LogP contribution is 2.49. The molecule has 3 aliphatic heterocycles. The summed E-state index contributed by atoms with van der Waals surface area (Å²) in [4.78, 5) is 46.1. The van der Waals surface area contributed by atoms with Crippen molar-refractivity contribution in [2.45, 2.75) is 76.2 Å². The van der Waals surface area contributed by atoms with Crippen LogP contribution in [0.2, 0.25) is 0 Å². The van der Waals surface area contributed by atoms with E-state index in [1.165, 1.54) is 15.8 Å². The van der Waals surface area contributed by atoms with Gasteiger partial charge in [0, 0.05) is 42.5 Å². The lowest BCUT2D eigenvalue weighted by Gasteiger charge is -2.42. The third kappa shape index (κ3) is 4.06. The maximum absolute atomic E-state index is 14.6. The number of hydrogen-bond acceptors (Lipinski definition) is 6. The molecule has 38 heavy (non-hydrogen) atoms. The Morgan fingerprint density at radius 1 is 1.24 bits per heavy atom. The van der Waals surface area contributed by atoms with E-state index in [0.29, 0.717) is 37.8 Å². The SMILES string of the molecule is CCCC1C[C@]2(CC[C@H](C)N3C[C@H]2n2cc(C(N)=O)c(=O)c(O)c2C3=O)ON1Cc1c(F)cc(F)cc1F. The summed E-state index contributed by atoms with van der Waals surface area (Å²) in [6.07, 6.45) is 3.96. The first kappa shape index (κ1) is 26.2. The van der Waals surface area contributed by atoms with Gasteiger partial charge in [-0.25, -0.2) is 13.2 Å². The quantitative estimate of drug-likeness (QED) is 0.609. The first-order valence-electron chi connectivity index (χ1n) is 12.7. The minimum Gasteiger partial charge on any atom is -0.503 e. The maximum atomic E-state index is 14.6. The van der Waals surface area contributed by atoms with Crippen LogP contribution in [0, 0.1) is 17.5 Å². The first-order valence-corrected chi connectivity index (χ1v) is 12.7. The van der Waals surface area contributed by atoms with Crippen LogP contribution in [0.4, 0.5) is 13.2 Å². The van der Waals surface area contributed by atoms with E-state index >= 15 is 0 Å². The number of aromatic nitrogens is 1. The van der Waals surface area contributed by atoms with Gasteiger partial charge in [-0.05, 0) is 32.6 Å². The fraction of sp³-hybridized carbons (Fsp3) is 0.500. The number of carbonyl (C=O) groups is 2. The zero-order chi connectivity index (χ0) is 27.5. The van der Waals surface area contributed by atoms with Crippen molar-refractivity contribution in [2.24, 2.45) is 5.73 Å². The predicted octanol–water partition coefficient (Wildman–Crippen LogP) is 2.99. The summed E-state index contributed by atoms with van der Waals surface area (Å²) >= 11 is 0. The molecule has 1 spiro atoms. The van der Waals surface area contributed by atoms with Crippen LogP contribution in [-0.2, 0) is 11.4 Å². The molecule has 3 N–H and O–H groups in total. The number of fused-ring (bicyclic) bond motifs is 5. The number of rotatable bonds is 5. The molecule has 9 nitrogen and oxygen atoms in total. The average molecular weight is 535 g/mol. The molecule has 0 radical (unpaired) electrons. The van der Waals surface area contributed by atoms with Crippen LogP contribution in [0.1, 0.15) is 78.4 Å². The highest BCUT2D eigenvalue weighted by Gasteiger charge is 2.56. The number of pyridine rings is 1. The largest absolute Gasteiger partial charge is 0.503 e. The number of primary amides is 1. The van der Waals surface area contributed by atoms with Crippen molar-refractivity contribution in [2.75, 3.05) is 6.54 Å². The van der Waals surface area contributed by atoms with Gasteiger partial charge in [0.25, 0.3) is 11.8 Å². The van der Waals surface area contributed by atoms with E-state index in [1.807, 2.05) is 13.8 Å². The molecule has 2 aromatic rings. The van der Waals surface area contributed by atoms with E-state index in [-0.39, 0.29) is 36.4 Å². The molecule has 1 aromatic heterocycles. The number of nitrogens with two attached hydrogens (primary N) is 1. The number of halogens is 3. The summed E-state index contributed by atoms with van der Waals surface area (Å²) in [5, 5.41) is 12.2. The normalized spacial score (nSPS) is 27.0. The molecular weight excluding hydrogens is 505 g/mol. The van der Waals surface area contributed by atoms with Crippen molar-refractivity contribution in [1.82, 2.24) is 14.5 Å². The molecule has 3 aliphatic rings. The molecule has 4 heterocycles. The van der Waals surface area contributed by atoms with Crippen molar-refractivity contribution in [3.05, 3.63) is 62.8 Å². The lowest BCUT2D eigenvalue weighted by atomic mass is 9.82. The number of amides is 2. The first-order chi connectivity index (χ1) is 18.0. The zero-order valence-electron chi connectivity index (χ0n) is 21.0. The highest BCUT2D eigenvalue weighted by atomic mass is 19.1. The van der Waals surface area contributed by atoms with Crippen LogP contribution in [0.3, 0.4) is 0 Å². The second kappa shape index (κ2) is 9.42. The van der Waals surface area contributed by atoms with E-state index in [4.69, 9.17) is 10.6 Å². The molecule has 0 aliphatic carbocycles. The topological polar surface area (TPSA) is 118 Å². The Kier molecular flexibility index (Phi) is 6.50. The minimum absolute atomic E-state index is 0.166. The van der Waals surface area contributed by atoms with E-state index < -0.39 is 57.7 Å². The Labute approximate surface area is 216 Å². The molecule has 1 unspecified atom stereocenters. The monoisotopic (exact) mass is 534 g/mol. The fourth-order valence-corrected chi connectivity index (χ4v) is 6.13. The molecule has 1 aromatic carbocycles. The summed E-state index contributed by atoms with van der Waals surface area (Å²) in [6, 6.07) is 0.0836. The Balaban J connectivity index is 1.62. The summed E-state index contributed by atoms with van der Waals surface area (Å²) in [5.74, 6) is -5.53. The Hall–Kier alpha value is -3.38. The van der Waals surface area contributed by atoms with Gasteiger partial charge in [0.15, 0.2) is 11.4 Å². The van der Waals surface area contributed by atoms with Gasteiger partial charge < -0.3 is 20.3 Å². The fourth-order valence-electron chi connectivity index (χ4n) is 6.13. The third-order valence-corrected chi connectivity index (χ3v) is 8.10. The molecule has 2 bridgehead atoms. The molecule has 5 rings (SSSR count). The highest BCUT2D eigenvalue weighted by molar-refractivity contribution is 5.99. The standard InChI is InChI=1S/C26H29F3N4O5/c1-3-4-15-9-26(38-33(15)11-16-18(28)7-14(27)8-19(16)29)6-5-13(2)31-12-20(26)32-10-17(24(30)36)22(34)23(35)21(32)25(31)37/h7-8,10,13,15,20,35H,3-6,9,11-12H2,1-2H3,(H2,30,36)/t13-,15?,20+,26-/m0/s1. The Bertz CT molecular complexity index is 1360. The van der Waals surface area contributed by atoms with Crippen LogP contribution in [0.15, 0.2) is 23.1 Å². The molecule has 0 saturated carbocycles. The average Bonchev–Trinajstić information content (AvgIpc) is 3.13. The molecule has 2 fully saturated rings. The molecule has 12 heteroatoms. The van der Waals surface area contributed by atoms with Gasteiger partial charge in [-0.15, -0.1) is 0 Å². The molecule has 2 amide bonds. The number of benzene rings is 1. The Morgan fingerprint density at radius 2 is 1.92 bits per heavy atom. The number of aromatic hydroxyl groups is 1. The second-order valence-electron chi connectivity index (χ2n) is 10.4. The molecule has 2 saturated heterocycles. The van der Waals surface area contributed by atoms with Gasteiger partial charge in [0.1, 0.15) is 28.6 Å². The van der Waals surface area contributed by atoms with Crippen molar-refractivity contribution in [3.8, 4) is 5.75 Å². The Morgan fingerprint density at radius 3 is 2.55 bits per heavy atom. The van der Waals surface area contributed by atoms with Gasteiger partial charge in [0.2, 0.25) is 5.43 Å². The van der Waals surface area contributed by atoms with Gasteiger partial charge >= 0.3 is 0 Å². The maximum Gasteiger partial charge on any atom is 0.274 e. The lowest BCUT2D eigenvalue weighted by Crippen LogP contribution is -2.52. The van der Waals surface area contributed by atoms with Gasteiger partial charge in [0.05, 0.1) is 12.6 Å². The molecule has 4 atom stereocenters. The predicted molar refractivity (Wildman–Crippen MR) is 129 cm³/mol. The van der Waals surface area contributed by atoms with E-state index in [9.17, 15) is 32.7 Å². The van der Waals surface area contributed by atoms with E-state index in [2.05, 4.69) is 0 Å². The summed E-state index contributed by atoms with van der Waals surface area (Å²) in [5.41, 5.74) is 2.32. The van der Waals surface area contributed by atoms with Crippen molar-refractivity contribution in [1.29, 1.82) is 0 Å². The van der Waals surface area contributed by atoms with Crippen LogP contribution < -0.4 is 11.2 Å². The minimum atomic E-state index is -1.05.